The van der Waals surface area contributed by atoms with E-state index in [2.05, 4.69) is 5.32 Å². The molecule has 8 heteroatoms. The summed E-state index contributed by atoms with van der Waals surface area (Å²) in [7, 11) is 0. The maximum Gasteiger partial charge on any atom is 0.341 e. The van der Waals surface area contributed by atoms with Crippen LogP contribution >= 0.6 is 34.8 Å². The molecule has 0 saturated heterocycles. The van der Waals surface area contributed by atoms with Crippen LogP contribution in [0.1, 0.15) is 17.3 Å². The van der Waals surface area contributed by atoms with E-state index in [1.54, 1.807) is 12.1 Å². The number of anilines is 2. The van der Waals surface area contributed by atoms with E-state index < -0.39 is 18.0 Å². The summed E-state index contributed by atoms with van der Waals surface area (Å²) in [5.74, 6) is -1.29. The maximum absolute atomic E-state index is 12.1. The number of hydrogen-bond acceptors (Lipinski definition) is 4. The van der Waals surface area contributed by atoms with E-state index in [-0.39, 0.29) is 11.3 Å². The minimum atomic E-state index is -1.07. The van der Waals surface area contributed by atoms with E-state index in [0.717, 1.165) is 0 Å². The van der Waals surface area contributed by atoms with E-state index in [1.807, 2.05) is 0 Å². The van der Waals surface area contributed by atoms with E-state index in [1.165, 1.54) is 31.2 Å². The summed E-state index contributed by atoms with van der Waals surface area (Å²) in [4.78, 5) is 24.2. The molecule has 0 radical (unpaired) electrons. The summed E-state index contributed by atoms with van der Waals surface area (Å²) in [6.07, 6.45) is -1.07. The standard InChI is InChI=1S/C16H13Cl3N2O3/c1-8(15(22)21-14-7-10(18)3-5-12(14)19)24-16(23)11-4-2-9(17)6-13(11)20/h2-8H,20H2,1H3,(H,21,22)/t8-/m1/s1. The van der Waals surface area contributed by atoms with Crippen LogP contribution in [0, 0.1) is 0 Å². The number of rotatable bonds is 4. The second-order valence-corrected chi connectivity index (χ2v) is 6.17. The molecule has 0 aliphatic heterocycles. The first-order valence-corrected chi connectivity index (χ1v) is 7.93. The summed E-state index contributed by atoms with van der Waals surface area (Å²) < 4.78 is 5.11. The molecule has 5 nitrogen and oxygen atoms in total. The Kier molecular flexibility index (Phi) is 5.94. The van der Waals surface area contributed by atoms with Crippen molar-refractivity contribution in [3.8, 4) is 0 Å². The highest BCUT2D eigenvalue weighted by Crippen LogP contribution is 2.26. The number of benzene rings is 2. The van der Waals surface area contributed by atoms with Gasteiger partial charge >= 0.3 is 5.97 Å². The van der Waals surface area contributed by atoms with Crippen LogP contribution in [0.3, 0.4) is 0 Å². The number of halogens is 3. The summed E-state index contributed by atoms with van der Waals surface area (Å²) in [6.45, 7) is 1.43. The van der Waals surface area contributed by atoms with Crippen molar-refractivity contribution < 1.29 is 14.3 Å². The van der Waals surface area contributed by atoms with Crippen molar-refractivity contribution in [2.45, 2.75) is 13.0 Å². The SMILES string of the molecule is C[C@@H](OC(=O)c1ccc(Cl)cc1N)C(=O)Nc1cc(Cl)ccc1Cl. The first-order chi connectivity index (χ1) is 11.3. The van der Waals surface area contributed by atoms with Crippen LogP contribution in [0.5, 0.6) is 0 Å². The van der Waals surface area contributed by atoms with Crippen molar-refractivity contribution in [1.29, 1.82) is 0 Å². The third-order valence-electron chi connectivity index (χ3n) is 3.07. The molecular weight excluding hydrogens is 375 g/mol. The number of nitrogens with one attached hydrogen (secondary N) is 1. The molecule has 0 unspecified atom stereocenters. The predicted molar refractivity (Wildman–Crippen MR) is 95.8 cm³/mol. The largest absolute Gasteiger partial charge is 0.449 e. The van der Waals surface area contributed by atoms with Crippen LogP contribution in [0.15, 0.2) is 36.4 Å². The minimum absolute atomic E-state index is 0.125. The highest BCUT2D eigenvalue weighted by atomic mass is 35.5. The second kappa shape index (κ2) is 7.75. The van der Waals surface area contributed by atoms with Gasteiger partial charge in [0.15, 0.2) is 6.10 Å². The lowest BCUT2D eigenvalue weighted by molar-refractivity contribution is -0.123. The number of nitrogen functional groups attached to an aromatic ring is 1. The molecule has 1 atom stereocenters. The highest BCUT2D eigenvalue weighted by Gasteiger charge is 2.21. The summed E-state index contributed by atoms with van der Waals surface area (Å²) in [5, 5.41) is 3.66. The summed E-state index contributed by atoms with van der Waals surface area (Å²) in [5.41, 5.74) is 6.33. The molecule has 3 N–H and O–H groups in total. The molecule has 0 aromatic heterocycles. The molecule has 2 rings (SSSR count). The normalized spacial score (nSPS) is 11.7. The van der Waals surface area contributed by atoms with E-state index >= 15 is 0 Å². The van der Waals surface area contributed by atoms with Gasteiger partial charge in [-0.05, 0) is 43.3 Å². The van der Waals surface area contributed by atoms with Gasteiger partial charge in [-0.3, -0.25) is 4.79 Å². The predicted octanol–water partition coefficient (Wildman–Crippen LogP) is 4.41. The third kappa shape index (κ3) is 4.54. The molecule has 0 aliphatic carbocycles. The van der Waals surface area contributed by atoms with E-state index in [9.17, 15) is 9.59 Å². The van der Waals surface area contributed by atoms with Gasteiger partial charge in [0.05, 0.1) is 16.3 Å². The van der Waals surface area contributed by atoms with Gasteiger partial charge in [-0.15, -0.1) is 0 Å². The molecule has 0 spiro atoms. The van der Waals surface area contributed by atoms with Crippen molar-refractivity contribution >= 4 is 58.1 Å². The fraction of sp³-hybridized carbons (Fsp3) is 0.125. The number of hydrogen-bond donors (Lipinski definition) is 2. The van der Waals surface area contributed by atoms with E-state index in [0.29, 0.717) is 20.8 Å². The van der Waals surface area contributed by atoms with Gasteiger partial charge in [-0.1, -0.05) is 34.8 Å². The van der Waals surface area contributed by atoms with Gasteiger partial charge in [-0.2, -0.15) is 0 Å². The van der Waals surface area contributed by atoms with Gasteiger partial charge in [0.1, 0.15) is 0 Å². The Morgan fingerprint density at radius 1 is 1.08 bits per heavy atom. The topological polar surface area (TPSA) is 81.4 Å². The Morgan fingerprint density at radius 3 is 2.38 bits per heavy atom. The first kappa shape index (κ1) is 18.4. The zero-order chi connectivity index (χ0) is 17.9. The van der Waals surface area contributed by atoms with Crippen LogP contribution in [-0.2, 0) is 9.53 Å². The van der Waals surface area contributed by atoms with Crippen molar-refractivity contribution in [3.63, 3.8) is 0 Å². The van der Waals surface area contributed by atoms with Crippen LogP contribution in [0.4, 0.5) is 11.4 Å². The quantitative estimate of drug-likeness (QED) is 0.601. The van der Waals surface area contributed by atoms with E-state index in [4.69, 9.17) is 45.3 Å². The summed E-state index contributed by atoms with van der Waals surface area (Å²) >= 11 is 17.6. The van der Waals surface area contributed by atoms with Crippen molar-refractivity contribution in [1.82, 2.24) is 0 Å². The number of nitrogens with two attached hydrogens (primary N) is 1. The Hall–Kier alpha value is -1.95. The number of carbonyl (C=O) groups is 2. The van der Waals surface area contributed by atoms with Crippen molar-refractivity contribution in [3.05, 3.63) is 57.0 Å². The first-order valence-electron chi connectivity index (χ1n) is 6.80. The fourth-order valence-corrected chi connectivity index (χ4v) is 2.34. The molecule has 2 aromatic carbocycles. The number of carbonyl (C=O) groups excluding carboxylic acids is 2. The van der Waals surface area contributed by atoms with Gasteiger partial charge in [0.25, 0.3) is 5.91 Å². The molecule has 24 heavy (non-hydrogen) atoms. The number of amides is 1. The average molecular weight is 388 g/mol. The monoisotopic (exact) mass is 386 g/mol. The molecule has 0 aliphatic rings. The molecule has 2 aromatic rings. The van der Waals surface area contributed by atoms with Gasteiger partial charge < -0.3 is 15.8 Å². The zero-order valence-corrected chi connectivity index (χ0v) is 14.7. The lowest BCUT2D eigenvalue weighted by Gasteiger charge is -2.15. The number of ether oxygens (including phenoxy) is 1. The summed E-state index contributed by atoms with van der Waals surface area (Å²) in [6, 6.07) is 8.99. The third-order valence-corrected chi connectivity index (χ3v) is 3.87. The van der Waals surface area contributed by atoms with Gasteiger partial charge in [0.2, 0.25) is 0 Å². The van der Waals surface area contributed by atoms with Gasteiger partial charge in [-0.25, -0.2) is 4.79 Å². The molecular formula is C16H13Cl3N2O3. The van der Waals surface area contributed by atoms with Crippen LogP contribution < -0.4 is 11.1 Å². The fourth-order valence-electron chi connectivity index (χ4n) is 1.82. The Labute approximate surface area is 153 Å². The maximum atomic E-state index is 12.1. The lowest BCUT2D eigenvalue weighted by atomic mass is 10.2. The minimum Gasteiger partial charge on any atom is -0.449 e. The Balaban J connectivity index is 2.05. The molecule has 0 heterocycles. The van der Waals surface area contributed by atoms with Crippen LogP contribution in [-0.4, -0.2) is 18.0 Å². The molecule has 0 saturated carbocycles. The van der Waals surface area contributed by atoms with Crippen molar-refractivity contribution in [2.24, 2.45) is 0 Å². The molecule has 1 amide bonds. The average Bonchev–Trinajstić information content (AvgIpc) is 2.50. The molecule has 126 valence electrons. The molecule has 0 fully saturated rings. The zero-order valence-electron chi connectivity index (χ0n) is 12.5. The Morgan fingerprint density at radius 2 is 1.71 bits per heavy atom. The second-order valence-electron chi connectivity index (χ2n) is 4.89. The van der Waals surface area contributed by atoms with Crippen LogP contribution in [0.25, 0.3) is 0 Å². The smallest absolute Gasteiger partial charge is 0.341 e. The van der Waals surface area contributed by atoms with Gasteiger partial charge in [0, 0.05) is 15.7 Å². The Bertz CT molecular complexity index is 796. The number of esters is 1. The molecule has 0 bridgehead atoms. The highest BCUT2D eigenvalue weighted by molar-refractivity contribution is 6.35. The van der Waals surface area contributed by atoms with Crippen molar-refractivity contribution in [2.75, 3.05) is 11.1 Å². The van der Waals surface area contributed by atoms with Crippen LogP contribution in [0.2, 0.25) is 15.1 Å². The lowest BCUT2D eigenvalue weighted by Crippen LogP contribution is -2.30.